The molecule has 0 radical (unpaired) electrons. The van der Waals surface area contributed by atoms with Crippen molar-refractivity contribution in [3.8, 4) is 0 Å². The van der Waals surface area contributed by atoms with Crippen LogP contribution in [0, 0.1) is 11.8 Å². The van der Waals surface area contributed by atoms with Crippen molar-refractivity contribution in [2.24, 2.45) is 11.8 Å². The van der Waals surface area contributed by atoms with Crippen LogP contribution >= 0.6 is 0 Å². The number of nitrogens with zero attached hydrogens (tertiary/aromatic N) is 1. The molecule has 1 N–H and O–H groups in total. The van der Waals surface area contributed by atoms with Gasteiger partial charge in [-0.15, -0.1) is 0 Å². The molecule has 0 atom stereocenters. The van der Waals surface area contributed by atoms with Gasteiger partial charge in [-0.2, -0.15) is 0 Å². The molecule has 0 saturated carbocycles. The molecule has 1 aliphatic rings. The minimum atomic E-state index is 0.859. The van der Waals surface area contributed by atoms with Gasteiger partial charge in [0, 0.05) is 6.54 Å². The van der Waals surface area contributed by atoms with Gasteiger partial charge in [-0.1, -0.05) is 20.8 Å². The highest BCUT2D eigenvalue weighted by Crippen LogP contribution is 2.14. The zero-order valence-electron chi connectivity index (χ0n) is 12.2. The predicted molar refractivity (Wildman–Crippen MR) is 76.4 cm³/mol. The molecule has 0 amide bonds. The topological polar surface area (TPSA) is 15.3 Å². The fourth-order valence-electron chi connectivity index (χ4n) is 2.76. The molecule has 0 aromatic heterocycles. The summed E-state index contributed by atoms with van der Waals surface area (Å²) in [5.74, 6) is 1.80. The van der Waals surface area contributed by atoms with Gasteiger partial charge in [-0.3, -0.25) is 0 Å². The maximum atomic E-state index is 3.46. The van der Waals surface area contributed by atoms with Crippen LogP contribution in [0.2, 0.25) is 0 Å². The monoisotopic (exact) mass is 240 g/mol. The molecule has 1 heterocycles. The maximum Gasteiger partial charge on any atom is 0.00106 e. The maximum absolute atomic E-state index is 3.46. The Labute approximate surface area is 108 Å². The Kier molecular flexibility index (Phi) is 7.87. The van der Waals surface area contributed by atoms with Crippen molar-refractivity contribution in [3.63, 3.8) is 0 Å². The second-order valence-electron chi connectivity index (χ2n) is 6.03. The summed E-state index contributed by atoms with van der Waals surface area (Å²) in [5.41, 5.74) is 0. The smallest absolute Gasteiger partial charge is 0.00106 e. The largest absolute Gasteiger partial charge is 0.317 e. The molecule has 17 heavy (non-hydrogen) atoms. The summed E-state index contributed by atoms with van der Waals surface area (Å²) in [6, 6.07) is 0. The Bertz CT molecular complexity index is 174. The van der Waals surface area contributed by atoms with Gasteiger partial charge in [0.25, 0.3) is 0 Å². The van der Waals surface area contributed by atoms with E-state index in [0.29, 0.717) is 0 Å². The standard InChI is InChI=1S/C15H32N2/c1-4-11-17(12-5-6-14(2)3)13-15-7-9-16-10-8-15/h14-16H,4-13H2,1-3H3. The Morgan fingerprint density at radius 3 is 2.47 bits per heavy atom. The second-order valence-corrected chi connectivity index (χ2v) is 6.03. The van der Waals surface area contributed by atoms with E-state index in [0.717, 1.165) is 11.8 Å². The third-order valence-corrected chi connectivity index (χ3v) is 3.77. The molecule has 1 saturated heterocycles. The van der Waals surface area contributed by atoms with Crippen molar-refractivity contribution in [2.75, 3.05) is 32.7 Å². The van der Waals surface area contributed by atoms with E-state index >= 15 is 0 Å². The lowest BCUT2D eigenvalue weighted by Gasteiger charge is -2.30. The minimum absolute atomic E-state index is 0.859. The van der Waals surface area contributed by atoms with Gasteiger partial charge in [-0.25, -0.2) is 0 Å². The Morgan fingerprint density at radius 1 is 1.18 bits per heavy atom. The van der Waals surface area contributed by atoms with Crippen molar-refractivity contribution in [1.82, 2.24) is 10.2 Å². The highest BCUT2D eigenvalue weighted by atomic mass is 15.1. The highest BCUT2D eigenvalue weighted by molar-refractivity contribution is 4.72. The number of nitrogens with one attached hydrogen (secondary N) is 1. The average Bonchev–Trinajstić information content (AvgIpc) is 2.30. The van der Waals surface area contributed by atoms with Crippen molar-refractivity contribution < 1.29 is 0 Å². The average molecular weight is 240 g/mol. The Morgan fingerprint density at radius 2 is 1.88 bits per heavy atom. The molecule has 0 aliphatic carbocycles. The van der Waals surface area contributed by atoms with Gasteiger partial charge in [0.15, 0.2) is 0 Å². The van der Waals surface area contributed by atoms with Crippen LogP contribution in [-0.2, 0) is 0 Å². The summed E-state index contributed by atoms with van der Waals surface area (Å²) >= 11 is 0. The molecule has 0 unspecified atom stereocenters. The van der Waals surface area contributed by atoms with Crippen LogP contribution in [0.15, 0.2) is 0 Å². The molecular weight excluding hydrogens is 208 g/mol. The van der Waals surface area contributed by atoms with Gasteiger partial charge < -0.3 is 10.2 Å². The molecule has 0 spiro atoms. The third-order valence-electron chi connectivity index (χ3n) is 3.77. The van der Waals surface area contributed by atoms with Gasteiger partial charge in [0.05, 0.1) is 0 Å². The second kappa shape index (κ2) is 8.93. The van der Waals surface area contributed by atoms with Crippen molar-refractivity contribution in [3.05, 3.63) is 0 Å². The molecule has 102 valence electrons. The van der Waals surface area contributed by atoms with E-state index in [9.17, 15) is 0 Å². The van der Waals surface area contributed by atoms with Crippen LogP contribution in [0.5, 0.6) is 0 Å². The molecule has 0 aromatic carbocycles. The van der Waals surface area contributed by atoms with E-state index in [2.05, 4.69) is 31.0 Å². The summed E-state index contributed by atoms with van der Waals surface area (Å²) in [7, 11) is 0. The summed E-state index contributed by atoms with van der Waals surface area (Å²) in [6.07, 6.45) is 6.82. The summed E-state index contributed by atoms with van der Waals surface area (Å²) in [4.78, 5) is 2.71. The van der Waals surface area contributed by atoms with Crippen LogP contribution < -0.4 is 5.32 Å². The SMILES string of the molecule is CCCN(CCCC(C)C)CC1CCNCC1. The first-order chi connectivity index (χ1) is 8.22. The first kappa shape index (κ1) is 15.0. The van der Waals surface area contributed by atoms with Gasteiger partial charge in [0.1, 0.15) is 0 Å². The zero-order chi connectivity index (χ0) is 12.5. The van der Waals surface area contributed by atoms with Gasteiger partial charge >= 0.3 is 0 Å². The summed E-state index contributed by atoms with van der Waals surface area (Å²) in [5, 5.41) is 3.46. The predicted octanol–water partition coefficient (Wildman–Crippen LogP) is 3.13. The molecule has 1 fully saturated rings. The number of piperidine rings is 1. The first-order valence-electron chi connectivity index (χ1n) is 7.65. The van der Waals surface area contributed by atoms with Crippen LogP contribution in [0.1, 0.15) is 52.9 Å². The van der Waals surface area contributed by atoms with Crippen molar-refractivity contribution in [1.29, 1.82) is 0 Å². The van der Waals surface area contributed by atoms with Gasteiger partial charge in [0.2, 0.25) is 0 Å². The van der Waals surface area contributed by atoms with E-state index in [1.807, 2.05) is 0 Å². The van der Waals surface area contributed by atoms with E-state index < -0.39 is 0 Å². The fraction of sp³-hybridized carbons (Fsp3) is 1.00. The number of rotatable bonds is 8. The van der Waals surface area contributed by atoms with Crippen LogP contribution in [0.4, 0.5) is 0 Å². The summed E-state index contributed by atoms with van der Waals surface area (Å²) < 4.78 is 0. The lowest BCUT2D eigenvalue weighted by Crippen LogP contribution is -2.37. The molecule has 0 aromatic rings. The normalized spacial score (nSPS) is 18.2. The first-order valence-corrected chi connectivity index (χ1v) is 7.65. The number of hydrogen-bond donors (Lipinski definition) is 1. The van der Waals surface area contributed by atoms with Crippen molar-refractivity contribution in [2.45, 2.75) is 52.9 Å². The molecular formula is C15H32N2. The zero-order valence-corrected chi connectivity index (χ0v) is 12.2. The van der Waals surface area contributed by atoms with E-state index in [4.69, 9.17) is 0 Å². The Hall–Kier alpha value is -0.0800. The molecule has 2 heteroatoms. The molecule has 0 bridgehead atoms. The van der Waals surface area contributed by atoms with E-state index in [1.165, 1.54) is 64.8 Å². The summed E-state index contributed by atoms with van der Waals surface area (Å²) in [6.45, 7) is 13.4. The van der Waals surface area contributed by atoms with Gasteiger partial charge in [-0.05, 0) is 70.1 Å². The lowest BCUT2D eigenvalue weighted by atomic mass is 9.97. The van der Waals surface area contributed by atoms with E-state index in [1.54, 1.807) is 0 Å². The molecule has 1 aliphatic heterocycles. The minimum Gasteiger partial charge on any atom is -0.317 e. The van der Waals surface area contributed by atoms with Crippen LogP contribution in [-0.4, -0.2) is 37.6 Å². The number of hydrogen-bond acceptors (Lipinski definition) is 2. The lowest BCUT2D eigenvalue weighted by molar-refractivity contribution is 0.200. The van der Waals surface area contributed by atoms with Crippen LogP contribution in [0.3, 0.4) is 0 Å². The quantitative estimate of drug-likeness (QED) is 0.701. The fourth-order valence-corrected chi connectivity index (χ4v) is 2.76. The third kappa shape index (κ3) is 7.05. The van der Waals surface area contributed by atoms with Crippen molar-refractivity contribution >= 4 is 0 Å². The van der Waals surface area contributed by atoms with Crippen LogP contribution in [0.25, 0.3) is 0 Å². The Balaban J connectivity index is 2.21. The molecule has 2 nitrogen and oxygen atoms in total. The van der Waals surface area contributed by atoms with E-state index in [-0.39, 0.29) is 0 Å². The highest BCUT2D eigenvalue weighted by Gasteiger charge is 2.16. The molecule has 1 rings (SSSR count).